The zero-order valence-electron chi connectivity index (χ0n) is 39.5. The number of carbonyl (C=O) groups is 3. The molecule has 2 fully saturated rings. The Bertz CT molecular complexity index is 1770. The summed E-state index contributed by atoms with van der Waals surface area (Å²) < 4.78 is 23.2. The Morgan fingerprint density at radius 1 is 0.725 bits per heavy atom. The van der Waals surface area contributed by atoms with Crippen LogP contribution in [0.1, 0.15) is 84.5 Å². The number of fused-ring (bicyclic) bond motifs is 2. The van der Waals surface area contributed by atoms with Crippen molar-refractivity contribution >= 4 is 17.8 Å². The normalized spacial score (nSPS) is 41.3. The molecule has 0 aromatic rings. The lowest BCUT2D eigenvalue weighted by atomic mass is 9.82. The second-order valence-electron chi connectivity index (χ2n) is 18.2. The molecule has 2 bridgehead atoms. The van der Waals surface area contributed by atoms with Gasteiger partial charge in [-0.1, -0.05) is 92.0 Å². The van der Waals surface area contributed by atoms with Gasteiger partial charge in [0.05, 0.1) is 86.0 Å². The van der Waals surface area contributed by atoms with Crippen LogP contribution < -0.4 is 16.8 Å². The summed E-state index contributed by atoms with van der Waals surface area (Å²) >= 11 is 0. The van der Waals surface area contributed by atoms with Crippen LogP contribution in [0.5, 0.6) is 0 Å². The van der Waals surface area contributed by atoms with Crippen LogP contribution in [0.3, 0.4) is 0 Å². The van der Waals surface area contributed by atoms with Crippen molar-refractivity contribution in [3.63, 3.8) is 0 Å². The van der Waals surface area contributed by atoms with Gasteiger partial charge in [-0.3, -0.25) is 14.4 Å². The third-order valence-corrected chi connectivity index (χ3v) is 12.0. The fraction of sp³-hybridized carbons (Fsp3) is 0.653. The van der Waals surface area contributed by atoms with Gasteiger partial charge in [-0.05, 0) is 32.6 Å². The van der Waals surface area contributed by atoms with Gasteiger partial charge in [0, 0.05) is 51.0 Å². The Morgan fingerprint density at radius 3 is 1.96 bits per heavy atom. The summed E-state index contributed by atoms with van der Waals surface area (Å²) in [7, 11) is 0. The number of carbonyl (C=O) groups excluding carboxylic acids is 3. The lowest BCUT2D eigenvalue weighted by Crippen LogP contribution is -2.59. The van der Waals surface area contributed by atoms with Gasteiger partial charge >= 0.3 is 5.97 Å². The molecule has 2 saturated heterocycles. The lowest BCUT2D eigenvalue weighted by Gasteiger charge is -2.45. The molecule has 0 radical (unpaired) electrons. The summed E-state index contributed by atoms with van der Waals surface area (Å²) in [5.74, 6) is -5.93. The average Bonchev–Trinajstić information content (AvgIpc) is 3.25. The highest BCUT2D eigenvalue weighted by molar-refractivity contribution is 5.80. The van der Waals surface area contributed by atoms with Gasteiger partial charge < -0.3 is 86.8 Å². The highest BCUT2D eigenvalue weighted by atomic mass is 16.7. The number of hydrogen-bond donors (Lipinski definition) is 13. The summed E-state index contributed by atoms with van der Waals surface area (Å²) in [4.78, 5) is 37.5. The molecular weight excluding hydrogens is 903 g/mol. The Hall–Kier alpha value is -3.97. The molecule has 69 heavy (non-hydrogen) atoms. The fourth-order valence-electron chi connectivity index (χ4n) is 8.10. The second kappa shape index (κ2) is 30.7. The van der Waals surface area contributed by atoms with Gasteiger partial charge in [-0.15, -0.1) is 0 Å². The first-order chi connectivity index (χ1) is 32.7. The van der Waals surface area contributed by atoms with Gasteiger partial charge in [-0.2, -0.15) is 0 Å². The molecule has 0 spiro atoms. The first kappa shape index (κ1) is 59.3. The summed E-state index contributed by atoms with van der Waals surface area (Å²) in [6, 6.07) is -1.13. The molecule has 390 valence electrons. The molecule has 0 aliphatic carbocycles. The van der Waals surface area contributed by atoms with E-state index in [4.69, 9.17) is 30.4 Å². The van der Waals surface area contributed by atoms with E-state index in [1.54, 1.807) is 73.8 Å². The predicted octanol–water partition coefficient (Wildman–Crippen LogP) is -0.626. The molecular formula is C49H77N3O17. The zero-order chi connectivity index (χ0) is 51.1. The first-order valence-electron chi connectivity index (χ1n) is 23.7. The minimum Gasteiger partial charge on any atom is -0.462 e. The van der Waals surface area contributed by atoms with Crippen molar-refractivity contribution < 1.29 is 84.4 Å². The van der Waals surface area contributed by atoms with Crippen molar-refractivity contribution in [1.29, 1.82) is 0 Å². The van der Waals surface area contributed by atoms with Crippen molar-refractivity contribution in [3.8, 4) is 0 Å². The molecule has 3 aliphatic rings. The summed E-state index contributed by atoms with van der Waals surface area (Å²) in [5, 5.41) is 111. The maximum Gasteiger partial charge on any atom is 0.308 e. The predicted molar refractivity (Wildman–Crippen MR) is 252 cm³/mol. The average molecular weight is 980 g/mol. The van der Waals surface area contributed by atoms with Gasteiger partial charge in [0.1, 0.15) is 12.2 Å². The van der Waals surface area contributed by atoms with Crippen molar-refractivity contribution in [1.82, 2.24) is 5.32 Å². The molecule has 3 rings (SSSR count). The van der Waals surface area contributed by atoms with Crippen LogP contribution in [-0.4, -0.2) is 173 Å². The van der Waals surface area contributed by atoms with Crippen molar-refractivity contribution in [2.75, 3.05) is 13.2 Å². The highest BCUT2D eigenvalue weighted by Crippen LogP contribution is 2.38. The van der Waals surface area contributed by atoms with Crippen LogP contribution in [0.4, 0.5) is 0 Å². The molecule has 3 aliphatic heterocycles. The standard InChI is InChI=1S/C49H77N3O17/c1-30-16-13-11-9-7-5-3-4-6-8-10-12-14-17-35(68-48-46(63)45(51)40(60)29-66-48)26-41-44(47(64)52-21-15-18-42(50)61)39(59)28-49(65,69-41)27-34(55)24-38(58)36(56)20-19-32(53)23-33(54)25-43(62)67-31(2)22-37(30)57/h3-14,16-17,30-41,44-46,48,53-60,63,65H,15,18-29,51H2,1-2H3,(H2,50,61)(H,52,64)/b4-3+,7-5+,8-6+,11-9+,12-10+,16-13+,17-14+/t30-,31-,32+,33?,34?,35?,36?,37-,38?,39-,40+,41-,44?,45-,46-,48-,49?/m0/s1. The third kappa shape index (κ3) is 22.3. The van der Waals surface area contributed by atoms with Gasteiger partial charge in [-0.25, -0.2) is 0 Å². The number of nitrogens with two attached hydrogens (primary N) is 2. The van der Waals surface area contributed by atoms with Crippen LogP contribution in [0, 0.1) is 11.8 Å². The lowest BCUT2D eigenvalue weighted by molar-refractivity contribution is -0.304. The van der Waals surface area contributed by atoms with E-state index < -0.39 is 141 Å². The van der Waals surface area contributed by atoms with Crippen molar-refractivity contribution in [2.45, 2.75) is 176 Å². The molecule has 20 heteroatoms. The minimum absolute atomic E-state index is 0.0128. The summed E-state index contributed by atoms with van der Waals surface area (Å²) in [5.41, 5.74) is 11.2. The molecule has 0 aromatic carbocycles. The number of amides is 2. The molecule has 3 heterocycles. The first-order valence-corrected chi connectivity index (χ1v) is 23.7. The Labute approximate surface area is 404 Å². The number of hydrogen-bond acceptors (Lipinski definition) is 18. The van der Waals surface area contributed by atoms with Crippen LogP contribution in [0.25, 0.3) is 0 Å². The SMILES string of the molecule is C[C@H]1C[C@H](O)[C@@H](C)/C=C/C=C/C=C/C=C/C=C/C=C/C=C/C(O[C@@H]2OC[C@@H](O)[C@H](N)[C@@H]2O)C[C@@H]2OC(O)(CC(O)CC(O)C(O)CC[C@@H](O)CC(O)CC(=O)O1)C[C@H](O)C2C(=O)NCCCC(N)=O. The largest absolute Gasteiger partial charge is 0.462 e. The van der Waals surface area contributed by atoms with Crippen LogP contribution >= 0.6 is 0 Å². The molecule has 7 unspecified atom stereocenters. The minimum atomic E-state index is -2.31. The quantitative estimate of drug-likeness (QED) is 0.112. The van der Waals surface area contributed by atoms with E-state index in [-0.39, 0.29) is 64.0 Å². The molecule has 17 atom stereocenters. The number of nitrogens with one attached hydrogen (secondary N) is 1. The second-order valence-corrected chi connectivity index (χ2v) is 18.2. The number of allylic oxidation sites excluding steroid dienone is 12. The van der Waals surface area contributed by atoms with Crippen LogP contribution in [-0.2, 0) is 33.3 Å². The zero-order valence-corrected chi connectivity index (χ0v) is 39.5. The number of esters is 1. The van der Waals surface area contributed by atoms with Crippen LogP contribution in [0.2, 0.25) is 0 Å². The van der Waals surface area contributed by atoms with Gasteiger partial charge in [0.25, 0.3) is 0 Å². The maximum atomic E-state index is 13.7. The molecule has 2 amide bonds. The molecule has 0 aromatic heterocycles. The number of aliphatic hydroxyl groups excluding tert-OH is 9. The summed E-state index contributed by atoms with van der Waals surface area (Å²) in [6.45, 7) is 3.19. The third-order valence-electron chi connectivity index (χ3n) is 12.0. The van der Waals surface area contributed by atoms with Crippen molar-refractivity contribution in [2.24, 2.45) is 23.3 Å². The van der Waals surface area contributed by atoms with E-state index in [1.165, 1.54) is 0 Å². The topological polar surface area (TPSA) is 354 Å². The molecule has 0 saturated carbocycles. The van der Waals surface area contributed by atoms with Crippen molar-refractivity contribution in [3.05, 3.63) is 85.1 Å². The van der Waals surface area contributed by atoms with Gasteiger partial charge in [0.15, 0.2) is 12.1 Å². The Balaban J connectivity index is 1.90. The monoisotopic (exact) mass is 980 g/mol. The maximum absolute atomic E-state index is 13.7. The smallest absolute Gasteiger partial charge is 0.308 e. The van der Waals surface area contributed by atoms with Gasteiger partial charge in [0.2, 0.25) is 11.8 Å². The van der Waals surface area contributed by atoms with E-state index in [1.807, 2.05) is 25.2 Å². The Morgan fingerprint density at radius 2 is 1.33 bits per heavy atom. The van der Waals surface area contributed by atoms with E-state index in [0.29, 0.717) is 0 Å². The number of cyclic esters (lactones) is 1. The number of primary amides is 1. The van der Waals surface area contributed by atoms with Crippen LogP contribution in [0.15, 0.2) is 85.1 Å². The number of aliphatic hydroxyl groups is 10. The molecule has 20 nitrogen and oxygen atoms in total. The number of ether oxygens (including phenoxy) is 4. The number of rotatable bonds is 7. The Kier molecular flexibility index (Phi) is 26.4. The van der Waals surface area contributed by atoms with E-state index in [9.17, 15) is 65.4 Å². The summed E-state index contributed by atoms with van der Waals surface area (Å²) in [6.07, 6.45) is 5.23. The fourth-order valence-corrected chi connectivity index (χ4v) is 8.10. The molecule has 15 N–H and O–H groups in total. The van der Waals surface area contributed by atoms with E-state index >= 15 is 0 Å². The van der Waals surface area contributed by atoms with E-state index in [0.717, 1.165) is 0 Å². The van der Waals surface area contributed by atoms with E-state index in [2.05, 4.69) is 5.32 Å². The highest BCUT2D eigenvalue weighted by Gasteiger charge is 2.50.